The number of carboxylic acid groups (broad SMARTS) is 2. The van der Waals surface area contributed by atoms with Crippen LogP contribution in [0.3, 0.4) is 0 Å². The minimum absolute atomic E-state index is 0.691. The lowest BCUT2D eigenvalue weighted by Crippen LogP contribution is -2.44. The van der Waals surface area contributed by atoms with Crippen LogP contribution >= 0.6 is 0 Å². The molecule has 1 amide bonds. The number of carbonyl (C=O) groups is 3. The zero-order valence-corrected chi connectivity index (χ0v) is 9.03. The molecule has 0 rings (SSSR count). The molecular weight excluding hydrogens is 261 g/mol. The summed E-state index contributed by atoms with van der Waals surface area (Å²) in [7, 11) is 0. The third-order valence-electron chi connectivity index (χ3n) is 1.57. The number of hydrogen-bond acceptors (Lipinski definition) is 4. The number of alkyl halides is 3. The fourth-order valence-corrected chi connectivity index (χ4v) is 1.01. The maximum absolute atomic E-state index is 11.8. The van der Waals surface area contributed by atoms with Crippen LogP contribution in [0.1, 0.15) is 0 Å². The zero-order chi connectivity index (χ0) is 14.3. The Labute approximate surface area is 99.2 Å². The van der Waals surface area contributed by atoms with Gasteiger partial charge in [-0.3, -0.25) is 19.3 Å². The third kappa shape index (κ3) is 9.39. The molecule has 0 spiro atoms. The second-order valence-corrected chi connectivity index (χ2v) is 3.32. The first-order valence-electron chi connectivity index (χ1n) is 4.59. The molecule has 0 unspecified atom stereocenters. The quantitative estimate of drug-likeness (QED) is 0.556. The van der Waals surface area contributed by atoms with E-state index in [1.807, 2.05) is 0 Å². The summed E-state index contributed by atoms with van der Waals surface area (Å²) in [6.45, 7) is -3.81. The molecule has 0 radical (unpaired) electrons. The molecule has 0 bridgehead atoms. The highest BCUT2D eigenvalue weighted by molar-refractivity contribution is 5.80. The van der Waals surface area contributed by atoms with Crippen molar-refractivity contribution in [2.45, 2.75) is 6.18 Å². The van der Waals surface area contributed by atoms with Crippen LogP contribution in [-0.2, 0) is 14.4 Å². The van der Waals surface area contributed by atoms with Crippen LogP contribution in [-0.4, -0.2) is 65.3 Å². The van der Waals surface area contributed by atoms with Crippen LogP contribution in [0.4, 0.5) is 13.2 Å². The number of nitrogens with one attached hydrogen (secondary N) is 1. The fraction of sp³-hybridized carbons (Fsp3) is 0.625. The molecule has 0 aromatic rings. The molecule has 7 nitrogen and oxygen atoms in total. The van der Waals surface area contributed by atoms with E-state index in [1.165, 1.54) is 5.32 Å². The number of nitrogens with zero attached hydrogens (tertiary/aromatic N) is 1. The lowest BCUT2D eigenvalue weighted by Gasteiger charge is -2.17. The van der Waals surface area contributed by atoms with E-state index < -0.39 is 50.2 Å². The van der Waals surface area contributed by atoms with Crippen LogP contribution in [0.5, 0.6) is 0 Å². The summed E-state index contributed by atoms with van der Waals surface area (Å²) in [6, 6.07) is 0. The van der Waals surface area contributed by atoms with Crippen molar-refractivity contribution >= 4 is 17.8 Å². The Hall–Kier alpha value is -1.84. The maximum Gasteiger partial charge on any atom is 0.405 e. The SMILES string of the molecule is O=C(O)CN(CC(=O)O)CC(=O)NCC(F)(F)F. The van der Waals surface area contributed by atoms with Crippen LogP contribution in [0.25, 0.3) is 0 Å². The molecule has 0 aromatic carbocycles. The van der Waals surface area contributed by atoms with E-state index in [1.54, 1.807) is 0 Å². The summed E-state index contributed by atoms with van der Waals surface area (Å²) in [6.07, 6.45) is -4.58. The highest BCUT2D eigenvalue weighted by atomic mass is 19.4. The average molecular weight is 272 g/mol. The van der Waals surface area contributed by atoms with Gasteiger partial charge in [-0.2, -0.15) is 13.2 Å². The molecule has 18 heavy (non-hydrogen) atoms. The highest BCUT2D eigenvalue weighted by Crippen LogP contribution is 2.11. The van der Waals surface area contributed by atoms with Crippen molar-refractivity contribution in [2.24, 2.45) is 0 Å². The number of aliphatic carboxylic acids is 2. The van der Waals surface area contributed by atoms with Gasteiger partial charge < -0.3 is 15.5 Å². The molecule has 0 heterocycles. The number of halogens is 3. The first kappa shape index (κ1) is 16.2. The molecule has 0 aliphatic carbocycles. The van der Waals surface area contributed by atoms with Crippen molar-refractivity contribution in [2.75, 3.05) is 26.2 Å². The van der Waals surface area contributed by atoms with Crippen molar-refractivity contribution in [3.05, 3.63) is 0 Å². The monoisotopic (exact) mass is 272 g/mol. The summed E-state index contributed by atoms with van der Waals surface area (Å²) in [4.78, 5) is 32.4. The van der Waals surface area contributed by atoms with Gasteiger partial charge in [0.1, 0.15) is 6.54 Å². The van der Waals surface area contributed by atoms with Gasteiger partial charge in [-0.05, 0) is 0 Å². The Morgan fingerprint density at radius 1 is 1.00 bits per heavy atom. The van der Waals surface area contributed by atoms with Gasteiger partial charge in [0.2, 0.25) is 5.91 Å². The predicted octanol–water partition coefficient (Wildman–Crippen LogP) is -0.864. The van der Waals surface area contributed by atoms with E-state index >= 15 is 0 Å². The normalized spacial score (nSPS) is 11.3. The van der Waals surface area contributed by atoms with E-state index in [0.717, 1.165) is 0 Å². The largest absolute Gasteiger partial charge is 0.480 e. The van der Waals surface area contributed by atoms with Crippen LogP contribution < -0.4 is 5.32 Å². The fourth-order valence-electron chi connectivity index (χ4n) is 1.01. The van der Waals surface area contributed by atoms with Gasteiger partial charge in [-0.15, -0.1) is 0 Å². The molecular formula is C8H11F3N2O5. The maximum atomic E-state index is 11.8. The summed E-state index contributed by atoms with van der Waals surface area (Å²) >= 11 is 0. The standard InChI is InChI=1S/C8H11F3N2O5/c9-8(10,11)4-12-5(14)1-13(2-6(15)16)3-7(17)18/h1-4H2,(H,12,14)(H,15,16)(H,17,18). The topological polar surface area (TPSA) is 107 Å². The third-order valence-corrected chi connectivity index (χ3v) is 1.57. The Morgan fingerprint density at radius 2 is 1.44 bits per heavy atom. The second kappa shape index (κ2) is 6.79. The van der Waals surface area contributed by atoms with Gasteiger partial charge in [0.25, 0.3) is 0 Å². The number of hydrogen-bond donors (Lipinski definition) is 3. The van der Waals surface area contributed by atoms with Gasteiger partial charge in [-0.1, -0.05) is 0 Å². The Balaban J connectivity index is 4.26. The van der Waals surface area contributed by atoms with Crippen LogP contribution in [0, 0.1) is 0 Å². The second-order valence-electron chi connectivity index (χ2n) is 3.32. The minimum atomic E-state index is -4.58. The highest BCUT2D eigenvalue weighted by Gasteiger charge is 2.28. The van der Waals surface area contributed by atoms with E-state index in [-0.39, 0.29) is 0 Å². The summed E-state index contributed by atoms with van der Waals surface area (Å²) < 4.78 is 35.3. The lowest BCUT2D eigenvalue weighted by molar-refractivity contribution is -0.144. The van der Waals surface area contributed by atoms with Gasteiger partial charge in [0.15, 0.2) is 0 Å². The molecule has 3 N–H and O–H groups in total. The Bertz CT molecular complexity index is 315. The van der Waals surface area contributed by atoms with Crippen molar-refractivity contribution in [1.29, 1.82) is 0 Å². The smallest absolute Gasteiger partial charge is 0.405 e. The van der Waals surface area contributed by atoms with Crippen molar-refractivity contribution in [1.82, 2.24) is 10.2 Å². The Morgan fingerprint density at radius 3 is 1.78 bits per heavy atom. The van der Waals surface area contributed by atoms with Crippen LogP contribution in [0.2, 0.25) is 0 Å². The van der Waals surface area contributed by atoms with Gasteiger partial charge in [-0.25, -0.2) is 0 Å². The molecule has 0 atom stereocenters. The minimum Gasteiger partial charge on any atom is -0.480 e. The van der Waals surface area contributed by atoms with Gasteiger partial charge in [0, 0.05) is 0 Å². The summed E-state index contributed by atoms with van der Waals surface area (Å²) in [5.41, 5.74) is 0. The van der Waals surface area contributed by atoms with Crippen molar-refractivity contribution in [3.8, 4) is 0 Å². The van der Waals surface area contributed by atoms with E-state index in [4.69, 9.17) is 10.2 Å². The number of carbonyl (C=O) groups excluding carboxylic acids is 1. The van der Waals surface area contributed by atoms with E-state index in [9.17, 15) is 27.6 Å². The molecule has 10 heteroatoms. The van der Waals surface area contributed by atoms with Crippen LogP contribution in [0.15, 0.2) is 0 Å². The molecule has 0 fully saturated rings. The zero-order valence-electron chi connectivity index (χ0n) is 9.03. The van der Waals surface area contributed by atoms with Crippen molar-refractivity contribution in [3.63, 3.8) is 0 Å². The number of rotatable bonds is 7. The first-order chi connectivity index (χ1) is 8.10. The molecule has 0 saturated heterocycles. The molecule has 104 valence electrons. The predicted molar refractivity (Wildman–Crippen MR) is 50.8 cm³/mol. The molecule has 0 aromatic heterocycles. The summed E-state index contributed by atoms with van der Waals surface area (Å²) in [5.74, 6) is -3.88. The molecule has 0 aliphatic rings. The average Bonchev–Trinajstić information content (AvgIpc) is 2.11. The lowest BCUT2D eigenvalue weighted by atomic mass is 10.4. The Kier molecular flexibility index (Phi) is 6.09. The molecule has 0 aliphatic heterocycles. The number of carboxylic acids is 2. The number of amides is 1. The van der Waals surface area contributed by atoms with E-state index in [0.29, 0.717) is 4.90 Å². The summed E-state index contributed by atoms with van der Waals surface area (Å²) in [5, 5.41) is 18.4. The van der Waals surface area contributed by atoms with Gasteiger partial charge >= 0.3 is 18.1 Å². The first-order valence-corrected chi connectivity index (χ1v) is 4.59. The van der Waals surface area contributed by atoms with Crippen molar-refractivity contribution < 1.29 is 37.8 Å². The molecule has 0 saturated carbocycles. The van der Waals surface area contributed by atoms with E-state index in [2.05, 4.69) is 0 Å². The van der Waals surface area contributed by atoms with Gasteiger partial charge in [0.05, 0.1) is 19.6 Å².